The van der Waals surface area contributed by atoms with E-state index in [9.17, 15) is 4.79 Å². The van der Waals surface area contributed by atoms with Gasteiger partial charge in [0, 0.05) is 29.4 Å². The second-order valence-corrected chi connectivity index (χ2v) is 9.15. The van der Waals surface area contributed by atoms with E-state index in [2.05, 4.69) is 30.9 Å². The zero-order valence-electron chi connectivity index (χ0n) is 17.9. The molecule has 0 aromatic heterocycles. The Morgan fingerprint density at radius 3 is 2.47 bits per heavy atom. The molecule has 5 heteroatoms. The number of carbonyl (C=O) groups excluding carboxylic acids is 1. The van der Waals surface area contributed by atoms with Crippen LogP contribution in [0.5, 0.6) is 0 Å². The van der Waals surface area contributed by atoms with Crippen LogP contribution in [0.3, 0.4) is 0 Å². The molecule has 1 amide bonds. The first-order chi connectivity index (χ1) is 14.5. The Labute approximate surface area is 184 Å². The molecule has 1 aliphatic heterocycles. The largest absolute Gasteiger partial charge is 0.370 e. The molecule has 2 N–H and O–H groups in total. The number of carbonyl (C=O) groups is 1. The zero-order chi connectivity index (χ0) is 21.3. The molecule has 2 aromatic rings. The van der Waals surface area contributed by atoms with Crippen molar-refractivity contribution in [1.82, 2.24) is 0 Å². The zero-order valence-corrected chi connectivity index (χ0v) is 18.6. The van der Waals surface area contributed by atoms with Crippen molar-refractivity contribution in [2.45, 2.75) is 51.6 Å². The molecule has 1 heterocycles. The Kier molecular flexibility index (Phi) is 6.35. The molecule has 0 radical (unpaired) electrons. The second-order valence-electron chi connectivity index (χ2n) is 8.74. The minimum absolute atomic E-state index is 0.0513. The van der Waals surface area contributed by atoms with Gasteiger partial charge in [-0.2, -0.15) is 0 Å². The summed E-state index contributed by atoms with van der Waals surface area (Å²) in [5, 5.41) is 0.743. The molecule has 2 unspecified atom stereocenters. The number of hydrogen-bond acceptors (Lipinski definition) is 3. The summed E-state index contributed by atoms with van der Waals surface area (Å²) in [5.41, 5.74) is 11.5. The number of benzene rings is 2. The van der Waals surface area contributed by atoms with Gasteiger partial charge in [-0.25, -0.2) is 0 Å². The number of morpholine rings is 1. The number of amides is 1. The van der Waals surface area contributed by atoms with Crippen LogP contribution in [-0.2, 0) is 9.53 Å². The second kappa shape index (κ2) is 8.99. The van der Waals surface area contributed by atoms with E-state index in [1.807, 2.05) is 24.3 Å². The Morgan fingerprint density at radius 2 is 1.83 bits per heavy atom. The molecule has 30 heavy (non-hydrogen) atoms. The third-order valence-corrected chi connectivity index (χ3v) is 7.10. The maximum Gasteiger partial charge on any atom is 0.225 e. The maximum absolute atomic E-state index is 12.4. The van der Waals surface area contributed by atoms with Gasteiger partial charge >= 0.3 is 0 Å². The van der Waals surface area contributed by atoms with E-state index in [1.165, 1.54) is 18.5 Å². The summed E-state index contributed by atoms with van der Waals surface area (Å²) < 4.78 is 6.03. The molecule has 2 aliphatic rings. The van der Waals surface area contributed by atoms with Crippen molar-refractivity contribution >= 4 is 23.2 Å². The number of halogens is 1. The standard InChI is InChI=1S/C25H31ClN2O2/c1-16-13-19(14-17(2)23(16)24(25(27)29)18-7-3-4-8-18)28-11-12-30-22(15-28)20-9-5-6-10-21(20)26/h5-6,9-10,13-14,18,22,24H,3-4,7-8,11-12,15H2,1-2H3,(H2,27,29). The highest BCUT2D eigenvalue weighted by Crippen LogP contribution is 2.41. The molecular weight excluding hydrogens is 396 g/mol. The van der Waals surface area contributed by atoms with Crippen LogP contribution in [0, 0.1) is 19.8 Å². The highest BCUT2D eigenvalue weighted by Gasteiger charge is 2.33. The number of nitrogens with two attached hydrogens (primary N) is 1. The number of hydrogen-bond donors (Lipinski definition) is 1. The average molecular weight is 427 g/mol. The topological polar surface area (TPSA) is 55.6 Å². The molecule has 4 rings (SSSR count). The molecular formula is C25H31ClN2O2. The molecule has 160 valence electrons. The van der Waals surface area contributed by atoms with Crippen molar-refractivity contribution in [2.75, 3.05) is 24.6 Å². The fourth-order valence-electron chi connectivity index (χ4n) is 5.33. The molecule has 1 saturated carbocycles. The van der Waals surface area contributed by atoms with Crippen molar-refractivity contribution in [2.24, 2.45) is 11.7 Å². The first kappa shape index (κ1) is 21.2. The fourth-order valence-corrected chi connectivity index (χ4v) is 5.59. The Bertz CT molecular complexity index is 900. The van der Waals surface area contributed by atoms with Gasteiger partial charge in [0.05, 0.1) is 12.5 Å². The van der Waals surface area contributed by atoms with Crippen molar-refractivity contribution in [3.8, 4) is 0 Å². The van der Waals surface area contributed by atoms with Crippen LogP contribution in [-0.4, -0.2) is 25.6 Å². The van der Waals surface area contributed by atoms with Gasteiger partial charge < -0.3 is 15.4 Å². The van der Waals surface area contributed by atoms with Gasteiger partial charge in [0.1, 0.15) is 6.10 Å². The van der Waals surface area contributed by atoms with E-state index in [-0.39, 0.29) is 17.9 Å². The first-order valence-electron chi connectivity index (χ1n) is 11.0. The van der Waals surface area contributed by atoms with Crippen LogP contribution in [0.2, 0.25) is 5.02 Å². The molecule has 0 bridgehead atoms. The van der Waals surface area contributed by atoms with Crippen LogP contribution < -0.4 is 10.6 Å². The van der Waals surface area contributed by atoms with E-state index in [1.54, 1.807) is 0 Å². The van der Waals surface area contributed by atoms with E-state index in [0.717, 1.165) is 53.2 Å². The number of ether oxygens (including phenoxy) is 1. The lowest BCUT2D eigenvalue weighted by Crippen LogP contribution is -2.38. The summed E-state index contributed by atoms with van der Waals surface area (Å²) in [5.74, 6) is 0.00635. The predicted molar refractivity (Wildman–Crippen MR) is 122 cm³/mol. The smallest absolute Gasteiger partial charge is 0.225 e. The minimum Gasteiger partial charge on any atom is -0.370 e. The van der Waals surface area contributed by atoms with Gasteiger partial charge in [-0.3, -0.25) is 4.79 Å². The van der Waals surface area contributed by atoms with Crippen molar-refractivity contribution in [1.29, 1.82) is 0 Å². The third-order valence-electron chi connectivity index (χ3n) is 6.75. The number of anilines is 1. The van der Waals surface area contributed by atoms with Crippen LogP contribution in [0.25, 0.3) is 0 Å². The molecule has 0 spiro atoms. The number of aryl methyl sites for hydroxylation is 2. The van der Waals surface area contributed by atoms with E-state index < -0.39 is 0 Å². The maximum atomic E-state index is 12.4. The lowest BCUT2D eigenvalue weighted by atomic mass is 9.80. The van der Waals surface area contributed by atoms with Gasteiger partial charge in [0.2, 0.25) is 5.91 Å². The van der Waals surface area contributed by atoms with Crippen LogP contribution >= 0.6 is 11.6 Å². The SMILES string of the molecule is Cc1cc(N2CCOC(c3ccccc3Cl)C2)cc(C)c1C(C(N)=O)C1CCCC1. The van der Waals surface area contributed by atoms with Gasteiger partial charge in [-0.05, 0) is 67.5 Å². The van der Waals surface area contributed by atoms with Crippen LogP contribution in [0.4, 0.5) is 5.69 Å². The Hall–Kier alpha value is -2.04. The molecule has 2 fully saturated rings. The van der Waals surface area contributed by atoms with Gasteiger partial charge in [0.25, 0.3) is 0 Å². The van der Waals surface area contributed by atoms with E-state index in [0.29, 0.717) is 12.5 Å². The molecule has 2 aromatic carbocycles. The number of nitrogens with zero attached hydrogens (tertiary/aromatic N) is 1. The third kappa shape index (κ3) is 4.21. The average Bonchev–Trinajstić information content (AvgIpc) is 3.25. The minimum atomic E-state index is -0.189. The summed E-state index contributed by atoms with van der Waals surface area (Å²) in [6, 6.07) is 12.3. The highest BCUT2D eigenvalue weighted by molar-refractivity contribution is 6.31. The normalized spacial score (nSPS) is 21.0. The number of primary amides is 1. The fraction of sp³-hybridized carbons (Fsp3) is 0.480. The quantitative estimate of drug-likeness (QED) is 0.706. The number of rotatable bonds is 5. The van der Waals surface area contributed by atoms with Crippen LogP contribution in [0.1, 0.15) is 60.0 Å². The summed E-state index contributed by atoms with van der Waals surface area (Å²) in [6.07, 6.45) is 4.53. The van der Waals surface area contributed by atoms with Crippen molar-refractivity contribution in [3.05, 3.63) is 63.7 Å². The van der Waals surface area contributed by atoms with E-state index in [4.69, 9.17) is 22.1 Å². The Balaban J connectivity index is 1.61. The summed E-state index contributed by atoms with van der Waals surface area (Å²) in [7, 11) is 0. The van der Waals surface area contributed by atoms with Crippen LogP contribution in [0.15, 0.2) is 36.4 Å². The first-order valence-corrected chi connectivity index (χ1v) is 11.3. The van der Waals surface area contributed by atoms with Gasteiger partial charge in [-0.15, -0.1) is 0 Å². The highest BCUT2D eigenvalue weighted by atomic mass is 35.5. The lowest BCUT2D eigenvalue weighted by molar-refractivity contribution is -0.120. The summed E-state index contributed by atoms with van der Waals surface area (Å²) in [4.78, 5) is 14.7. The van der Waals surface area contributed by atoms with E-state index >= 15 is 0 Å². The van der Waals surface area contributed by atoms with Gasteiger partial charge in [-0.1, -0.05) is 42.6 Å². The predicted octanol–water partition coefficient (Wildman–Crippen LogP) is 5.29. The van der Waals surface area contributed by atoms with Gasteiger partial charge in [0.15, 0.2) is 0 Å². The van der Waals surface area contributed by atoms with Crippen molar-refractivity contribution < 1.29 is 9.53 Å². The monoisotopic (exact) mass is 426 g/mol. The lowest BCUT2D eigenvalue weighted by Gasteiger charge is -2.36. The molecule has 4 nitrogen and oxygen atoms in total. The summed E-state index contributed by atoms with van der Waals surface area (Å²) >= 11 is 6.41. The molecule has 1 saturated heterocycles. The Morgan fingerprint density at radius 1 is 1.17 bits per heavy atom. The molecule has 1 aliphatic carbocycles. The molecule has 2 atom stereocenters. The summed E-state index contributed by atoms with van der Waals surface area (Å²) in [6.45, 7) is 6.47. The van der Waals surface area contributed by atoms with Crippen molar-refractivity contribution in [3.63, 3.8) is 0 Å².